The number of ether oxygens (including phenoxy) is 1. The Morgan fingerprint density at radius 2 is 2.06 bits per heavy atom. The molecule has 0 bridgehead atoms. The number of fused-ring (bicyclic) bond motifs is 1. The van der Waals surface area contributed by atoms with E-state index in [9.17, 15) is 4.79 Å². The highest BCUT2D eigenvalue weighted by Gasteiger charge is 2.24. The molecule has 1 unspecified atom stereocenters. The molecule has 3 N–H and O–H groups in total. The van der Waals surface area contributed by atoms with E-state index < -0.39 is 0 Å². The predicted molar refractivity (Wildman–Crippen MR) is 133 cm³/mol. The Morgan fingerprint density at radius 3 is 2.81 bits per heavy atom. The van der Waals surface area contributed by atoms with E-state index in [1.54, 1.807) is 0 Å². The highest BCUT2D eigenvalue weighted by molar-refractivity contribution is 14.0. The number of halogens is 1. The van der Waals surface area contributed by atoms with E-state index in [0.717, 1.165) is 35.9 Å². The van der Waals surface area contributed by atoms with Crippen LogP contribution in [0.5, 0.6) is 5.88 Å². The molecule has 0 radical (unpaired) electrons. The molecule has 4 rings (SSSR count). The molecule has 166 valence electrons. The highest BCUT2D eigenvalue weighted by atomic mass is 127. The molecule has 1 aliphatic carbocycles. The number of amides is 1. The van der Waals surface area contributed by atoms with Crippen molar-refractivity contribution in [3.05, 3.63) is 53.7 Å². The molecule has 31 heavy (non-hydrogen) atoms. The number of carbonyl (C=O) groups is 1. The molecular weight excluding hydrogens is 505 g/mol. The number of aliphatic imine (C=N–C) groups is 1. The first-order valence-corrected chi connectivity index (χ1v) is 10.7. The molecular formula is C23H30IN5O2. The molecule has 7 nitrogen and oxygen atoms in total. The average Bonchev–Trinajstić information content (AvgIpc) is 3.59. The molecule has 0 spiro atoms. The van der Waals surface area contributed by atoms with E-state index in [0.29, 0.717) is 31.3 Å². The third kappa shape index (κ3) is 6.81. The van der Waals surface area contributed by atoms with Gasteiger partial charge in [0.1, 0.15) is 0 Å². The number of anilines is 1. The number of pyridine rings is 1. The fourth-order valence-electron chi connectivity index (χ4n) is 3.49. The molecule has 1 aromatic heterocycles. The fourth-order valence-corrected chi connectivity index (χ4v) is 3.49. The molecule has 1 fully saturated rings. The van der Waals surface area contributed by atoms with Crippen molar-refractivity contribution in [2.24, 2.45) is 10.9 Å². The maximum atomic E-state index is 12.0. The van der Waals surface area contributed by atoms with E-state index >= 15 is 0 Å². The van der Waals surface area contributed by atoms with E-state index in [4.69, 9.17) is 4.74 Å². The second-order valence-corrected chi connectivity index (χ2v) is 7.87. The predicted octanol–water partition coefficient (Wildman–Crippen LogP) is 3.67. The summed E-state index contributed by atoms with van der Waals surface area (Å²) in [5.41, 5.74) is 3.08. The second kappa shape index (κ2) is 11.3. The average molecular weight is 535 g/mol. The summed E-state index contributed by atoms with van der Waals surface area (Å²) in [5, 5.41) is 9.60. The van der Waals surface area contributed by atoms with Crippen LogP contribution in [0, 0.1) is 5.92 Å². The van der Waals surface area contributed by atoms with Crippen molar-refractivity contribution in [2.45, 2.75) is 38.6 Å². The summed E-state index contributed by atoms with van der Waals surface area (Å²) in [6.07, 6.45) is 4.82. The number of guanidine groups is 1. The van der Waals surface area contributed by atoms with Gasteiger partial charge in [0.05, 0.1) is 13.2 Å². The molecule has 1 atom stereocenters. The van der Waals surface area contributed by atoms with Crippen LogP contribution in [-0.2, 0) is 11.3 Å². The third-order valence-electron chi connectivity index (χ3n) is 5.35. The Hall–Kier alpha value is -2.36. The number of carbonyl (C=O) groups excluding carboxylic acids is 1. The van der Waals surface area contributed by atoms with Crippen molar-refractivity contribution in [1.82, 2.24) is 15.6 Å². The molecule has 2 aliphatic rings. The lowest BCUT2D eigenvalue weighted by Gasteiger charge is -2.26. The van der Waals surface area contributed by atoms with Crippen LogP contribution >= 0.6 is 24.0 Å². The number of aromatic nitrogens is 1. The van der Waals surface area contributed by atoms with Crippen LogP contribution in [0.15, 0.2) is 47.6 Å². The van der Waals surface area contributed by atoms with Gasteiger partial charge in [-0.05, 0) is 42.9 Å². The Morgan fingerprint density at radius 1 is 1.23 bits per heavy atom. The Balaban J connectivity index is 0.00000272. The third-order valence-corrected chi connectivity index (χ3v) is 5.35. The lowest BCUT2D eigenvalue weighted by atomic mass is 9.90. The van der Waals surface area contributed by atoms with Gasteiger partial charge < -0.3 is 20.7 Å². The minimum Gasteiger partial charge on any atom is -0.477 e. The Labute approximate surface area is 200 Å². The quantitative estimate of drug-likeness (QED) is 0.273. The number of rotatable bonds is 8. The van der Waals surface area contributed by atoms with E-state index in [1.807, 2.05) is 43.5 Å². The van der Waals surface area contributed by atoms with Crippen LogP contribution in [0.25, 0.3) is 0 Å². The molecule has 1 saturated carbocycles. The first-order chi connectivity index (χ1) is 14.7. The number of para-hydroxylation sites is 1. The zero-order valence-electron chi connectivity index (χ0n) is 17.8. The lowest BCUT2D eigenvalue weighted by molar-refractivity contribution is -0.116. The van der Waals surface area contributed by atoms with Crippen LogP contribution in [0.4, 0.5) is 5.69 Å². The second-order valence-electron chi connectivity index (χ2n) is 7.87. The van der Waals surface area contributed by atoms with Crippen LogP contribution in [0.1, 0.15) is 43.2 Å². The SMILES string of the molecule is CCNC(=NCc1ccc(OCC2CC2)nc1)NCC1CC(=O)Nc2ccccc21.I. The maximum absolute atomic E-state index is 12.0. The topological polar surface area (TPSA) is 87.6 Å². The summed E-state index contributed by atoms with van der Waals surface area (Å²) >= 11 is 0. The zero-order valence-corrected chi connectivity index (χ0v) is 20.1. The van der Waals surface area contributed by atoms with Gasteiger partial charge in [0, 0.05) is 43.4 Å². The van der Waals surface area contributed by atoms with E-state index in [1.165, 1.54) is 12.8 Å². The molecule has 2 aromatic rings. The van der Waals surface area contributed by atoms with Crippen molar-refractivity contribution in [2.75, 3.05) is 25.0 Å². The minimum atomic E-state index is 0. The molecule has 1 aliphatic heterocycles. The molecule has 8 heteroatoms. The van der Waals surface area contributed by atoms with E-state index in [-0.39, 0.29) is 35.8 Å². The van der Waals surface area contributed by atoms with Gasteiger partial charge >= 0.3 is 0 Å². The highest BCUT2D eigenvalue weighted by Crippen LogP contribution is 2.31. The van der Waals surface area contributed by atoms with E-state index in [2.05, 4.69) is 32.0 Å². The summed E-state index contributed by atoms with van der Waals surface area (Å²) in [5.74, 6) is 2.29. The standard InChI is InChI=1S/C23H29N5O2.HI/c1-2-24-23(26-13-17-9-10-22(25-12-17)30-15-16-7-8-16)27-14-18-11-21(29)28-20-6-4-3-5-19(18)20;/h3-6,9-10,12,16,18H,2,7-8,11,13-15H2,1H3,(H,28,29)(H2,24,26,27);1H. The smallest absolute Gasteiger partial charge is 0.225 e. The van der Waals surface area contributed by atoms with Crippen LogP contribution in [0.3, 0.4) is 0 Å². The summed E-state index contributed by atoms with van der Waals surface area (Å²) in [6, 6.07) is 11.9. The zero-order chi connectivity index (χ0) is 20.8. The largest absolute Gasteiger partial charge is 0.477 e. The van der Waals surface area contributed by atoms with Gasteiger partial charge in [-0.1, -0.05) is 24.3 Å². The van der Waals surface area contributed by atoms with Crippen molar-refractivity contribution in [3.63, 3.8) is 0 Å². The Kier molecular flexibility index (Phi) is 8.51. The summed E-state index contributed by atoms with van der Waals surface area (Å²) in [4.78, 5) is 21.1. The molecule has 1 aromatic carbocycles. The van der Waals surface area contributed by atoms with Gasteiger partial charge in [-0.25, -0.2) is 9.98 Å². The molecule has 1 amide bonds. The van der Waals surface area contributed by atoms with Gasteiger partial charge in [-0.2, -0.15) is 0 Å². The first kappa shape index (κ1) is 23.3. The monoisotopic (exact) mass is 535 g/mol. The minimum absolute atomic E-state index is 0. The fraction of sp³-hybridized carbons (Fsp3) is 0.435. The van der Waals surface area contributed by atoms with Crippen LogP contribution < -0.4 is 20.7 Å². The number of hydrogen-bond acceptors (Lipinski definition) is 4. The van der Waals surface area contributed by atoms with Crippen molar-refractivity contribution in [1.29, 1.82) is 0 Å². The number of benzene rings is 1. The molecule has 0 saturated heterocycles. The van der Waals surface area contributed by atoms with Gasteiger partial charge in [0.25, 0.3) is 0 Å². The van der Waals surface area contributed by atoms with Crippen molar-refractivity contribution >= 4 is 41.5 Å². The number of nitrogens with zero attached hydrogens (tertiary/aromatic N) is 2. The number of hydrogen-bond donors (Lipinski definition) is 3. The maximum Gasteiger partial charge on any atom is 0.225 e. The van der Waals surface area contributed by atoms with Gasteiger partial charge in [-0.15, -0.1) is 24.0 Å². The number of nitrogens with one attached hydrogen (secondary N) is 3. The Bertz CT molecular complexity index is 899. The van der Waals surface area contributed by atoms with Gasteiger partial charge in [0.15, 0.2) is 5.96 Å². The lowest BCUT2D eigenvalue weighted by Crippen LogP contribution is -2.40. The normalized spacial score (nSPS) is 17.8. The summed E-state index contributed by atoms with van der Waals surface area (Å²) < 4.78 is 5.69. The van der Waals surface area contributed by atoms with Gasteiger partial charge in [-0.3, -0.25) is 4.79 Å². The van der Waals surface area contributed by atoms with Crippen molar-refractivity contribution in [3.8, 4) is 5.88 Å². The van der Waals surface area contributed by atoms with Crippen LogP contribution in [-0.4, -0.2) is 36.5 Å². The van der Waals surface area contributed by atoms with Crippen molar-refractivity contribution < 1.29 is 9.53 Å². The molecule has 2 heterocycles. The summed E-state index contributed by atoms with van der Waals surface area (Å²) in [7, 11) is 0. The summed E-state index contributed by atoms with van der Waals surface area (Å²) in [6.45, 7) is 4.73. The van der Waals surface area contributed by atoms with Crippen LogP contribution in [0.2, 0.25) is 0 Å². The van der Waals surface area contributed by atoms with Gasteiger partial charge in [0.2, 0.25) is 11.8 Å². The first-order valence-electron chi connectivity index (χ1n) is 10.7.